The van der Waals surface area contributed by atoms with Crippen molar-refractivity contribution >= 4 is 29.8 Å². The minimum atomic E-state index is -1.27. The lowest BCUT2D eigenvalue weighted by atomic mass is 10.2. The highest BCUT2D eigenvalue weighted by Gasteiger charge is 2.22. The SMILES string of the molecule is CC.CC(C)(C)OCCOCCOCCOc1cc(COC(=O)CN(CCN(CCN(CC(=O)O)CC(=O)O)CC(=O)O)CC(=O)O)cc(OCCOCCOCCOC(C)(C)C)c1OCCOCCOCCOC(C)(C)C. The Labute approximate surface area is 461 Å². The largest absolute Gasteiger partial charge is 0.487 e. The molecule has 25 nitrogen and oxygen atoms in total. The molecule has 0 saturated carbocycles. The van der Waals surface area contributed by atoms with Gasteiger partial charge in [-0.25, -0.2) is 0 Å². The van der Waals surface area contributed by atoms with Gasteiger partial charge in [-0.05, 0) is 80.0 Å². The van der Waals surface area contributed by atoms with Crippen LogP contribution in [0.25, 0.3) is 0 Å². The van der Waals surface area contributed by atoms with Gasteiger partial charge in [0, 0.05) is 26.2 Å². The van der Waals surface area contributed by atoms with Crippen molar-refractivity contribution in [3.05, 3.63) is 17.7 Å². The molecule has 0 unspecified atom stereocenters. The molecule has 1 aromatic rings. The van der Waals surface area contributed by atoms with Gasteiger partial charge >= 0.3 is 29.8 Å². The molecule has 0 atom stereocenters. The van der Waals surface area contributed by atoms with Crippen LogP contribution in [0, 0.1) is 0 Å². The fraction of sp³-hybridized carbons (Fsp3) is 0.792. The van der Waals surface area contributed by atoms with Gasteiger partial charge in [0.15, 0.2) is 11.5 Å². The first-order valence-corrected chi connectivity index (χ1v) is 26.5. The maximum Gasteiger partial charge on any atom is 0.320 e. The summed E-state index contributed by atoms with van der Waals surface area (Å²) >= 11 is 0. The van der Waals surface area contributed by atoms with Crippen LogP contribution in [-0.4, -0.2) is 260 Å². The number of nitrogens with zero attached hydrogens (tertiary/aromatic N) is 3. The maximum absolute atomic E-state index is 13.4. The first kappa shape index (κ1) is 73.5. The van der Waals surface area contributed by atoms with E-state index >= 15 is 0 Å². The second kappa shape index (κ2) is 43.3. The first-order valence-electron chi connectivity index (χ1n) is 26.5. The van der Waals surface area contributed by atoms with Crippen LogP contribution in [0.4, 0.5) is 0 Å². The average Bonchev–Trinajstić information content (AvgIpc) is 3.32. The third-order valence-corrected chi connectivity index (χ3v) is 9.58. The van der Waals surface area contributed by atoms with Crippen LogP contribution in [-0.2, 0) is 77.9 Å². The zero-order chi connectivity index (χ0) is 58.8. The molecule has 0 aliphatic heterocycles. The van der Waals surface area contributed by atoms with E-state index in [1.54, 1.807) is 12.1 Å². The molecule has 0 aliphatic rings. The predicted molar refractivity (Wildman–Crippen MR) is 286 cm³/mol. The molecule has 0 bridgehead atoms. The average molecular weight is 1130 g/mol. The van der Waals surface area contributed by atoms with E-state index in [1.807, 2.05) is 76.2 Å². The Hall–Kier alpha value is -4.51. The Bertz CT molecular complexity index is 1700. The molecule has 454 valence electrons. The molecule has 78 heavy (non-hydrogen) atoms. The summed E-state index contributed by atoms with van der Waals surface area (Å²) < 4.78 is 75.4. The van der Waals surface area contributed by atoms with E-state index in [-0.39, 0.29) is 106 Å². The Morgan fingerprint density at radius 2 is 0.654 bits per heavy atom. The van der Waals surface area contributed by atoms with E-state index < -0.39 is 62.6 Å². The van der Waals surface area contributed by atoms with E-state index in [9.17, 15) is 44.4 Å². The maximum atomic E-state index is 13.4. The summed E-state index contributed by atoms with van der Waals surface area (Å²) in [6.07, 6.45) is 0. The van der Waals surface area contributed by atoms with Gasteiger partial charge in [-0.3, -0.25) is 38.7 Å². The number of rotatable bonds is 48. The molecule has 0 saturated heterocycles. The number of carboxylic acids is 4. The number of carbonyl (C=O) groups is 5. The Balaban J connectivity index is 0.0000293. The predicted octanol–water partition coefficient (Wildman–Crippen LogP) is 3.68. The number of carbonyl (C=O) groups excluding carboxylic acids is 1. The summed E-state index contributed by atoms with van der Waals surface area (Å²) in [7, 11) is 0. The molecule has 25 heteroatoms. The summed E-state index contributed by atoms with van der Waals surface area (Å²) in [6, 6.07) is 3.21. The van der Waals surface area contributed by atoms with Gasteiger partial charge in [0.2, 0.25) is 5.75 Å². The second-order valence-corrected chi connectivity index (χ2v) is 20.0. The second-order valence-electron chi connectivity index (χ2n) is 20.0. The van der Waals surface area contributed by atoms with E-state index in [0.717, 1.165) is 4.90 Å². The smallest absolute Gasteiger partial charge is 0.320 e. The molecule has 0 radical (unpaired) electrons. The molecule has 0 heterocycles. The van der Waals surface area contributed by atoms with Gasteiger partial charge in [0.05, 0.1) is 149 Å². The van der Waals surface area contributed by atoms with Crippen LogP contribution in [0.2, 0.25) is 0 Å². The summed E-state index contributed by atoms with van der Waals surface area (Å²) in [5, 5.41) is 37.6. The normalized spacial score (nSPS) is 11.9. The van der Waals surface area contributed by atoms with Gasteiger partial charge in [-0.2, -0.15) is 0 Å². The van der Waals surface area contributed by atoms with Crippen molar-refractivity contribution in [1.82, 2.24) is 14.7 Å². The van der Waals surface area contributed by atoms with E-state index in [0.29, 0.717) is 84.8 Å². The third-order valence-electron chi connectivity index (χ3n) is 9.58. The minimum absolute atomic E-state index is 0.0641. The number of esters is 1. The Morgan fingerprint density at radius 3 is 0.974 bits per heavy atom. The van der Waals surface area contributed by atoms with Gasteiger partial charge in [-0.15, -0.1) is 0 Å². The zero-order valence-corrected chi connectivity index (χ0v) is 48.4. The molecule has 0 aliphatic carbocycles. The number of hydrogen-bond acceptors (Lipinski definition) is 21. The Morgan fingerprint density at radius 1 is 0.385 bits per heavy atom. The van der Waals surface area contributed by atoms with Gasteiger partial charge in [-0.1, -0.05) is 13.8 Å². The fourth-order valence-electron chi connectivity index (χ4n) is 6.30. The summed E-state index contributed by atoms with van der Waals surface area (Å²) in [4.78, 5) is 63.2. The lowest BCUT2D eigenvalue weighted by Gasteiger charge is -2.27. The van der Waals surface area contributed by atoms with E-state index in [4.69, 9.17) is 61.6 Å². The number of ether oxygens (including phenoxy) is 13. The summed E-state index contributed by atoms with van der Waals surface area (Å²) in [6.45, 7) is 23.4. The number of carboxylic acid groups (broad SMARTS) is 4. The molecular weight excluding hydrogens is 1030 g/mol. The van der Waals surface area contributed by atoms with Crippen LogP contribution >= 0.6 is 0 Å². The molecule has 1 rings (SSSR count). The zero-order valence-electron chi connectivity index (χ0n) is 48.4. The van der Waals surface area contributed by atoms with Crippen molar-refractivity contribution in [3.8, 4) is 17.2 Å². The van der Waals surface area contributed by atoms with Crippen LogP contribution < -0.4 is 14.2 Å². The molecular formula is C53H95N3O22. The quantitative estimate of drug-likeness (QED) is 0.0534. The summed E-state index contributed by atoms with van der Waals surface area (Å²) in [5.41, 5.74) is -0.404. The molecule has 0 fully saturated rings. The number of hydrogen-bond donors (Lipinski definition) is 4. The van der Waals surface area contributed by atoms with Gasteiger partial charge in [0.25, 0.3) is 0 Å². The summed E-state index contributed by atoms with van der Waals surface area (Å²) in [5.74, 6) is -5.16. The van der Waals surface area contributed by atoms with Gasteiger partial charge in [0.1, 0.15) is 26.4 Å². The van der Waals surface area contributed by atoms with Crippen molar-refractivity contribution in [2.75, 3.05) is 178 Å². The molecule has 4 N–H and O–H groups in total. The molecule has 1 aromatic carbocycles. The minimum Gasteiger partial charge on any atom is -0.487 e. The van der Waals surface area contributed by atoms with Crippen LogP contribution in [0.3, 0.4) is 0 Å². The fourth-order valence-corrected chi connectivity index (χ4v) is 6.30. The van der Waals surface area contributed by atoms with Crippen molar-refractivity contribution in [3.63, 3.8) is 0 Å². The standard InChI is InChI=1S/C51H89N3O22.C2H6/c1-49(2,3)74-29-23-67-17-14-64-20-26-70-41-32-40(39-73-47(63)38-54(37-46(61)62)13-11-52(34-43(55)56)10-12-53(35-44(57)58)36-45(59)60)33-42(71-27-21-65-15-18-68-24-30-75-50(4,5)6)48(41)72-28-22-66-16-19-69-25-31-76-51(7,8)9;1-2/h32-33H,10-31,34-39H2,1-9H3,(H,55,56)(H,57,58)(H,59,60)(H,61,62);1-2H3. The Kier molecular flexibility index (Phi) is 40.8. The third kappa shape index (κ3) is 45.4. The van der Waals surface area contributed by atoms with E-state index in [1.165, 1.54) is 9.80 Å². The van der Waals surface area contributed by atoms with Crippen molar-refractivity contribution in [1.29, 1.82) is 0 Å². The van der Waals surface area contributed by atoms with Crippen LogP contribution in [0.1, 0.15) is 81.7 Å². The van der Waals surface area contributed by atoms with Crippen molar-refractivity contribution < 1.29 is 106 Å². The highest BCUT2D eigenvalue weighted by atomic mass is 16.6. The van der Waals surface area contributed by atoms with E-state index in [2.05, 4.69) is 0 Å². The molecule has 0 aromatic heterocycles. The highest BCUT2D eigenvalue weighted by molar-refractivity contribution is 5.74. The number of aliphatic carboxylic acids is 4. The van der Waals surface area contributed by atoms with Gasteiger partial charge < -0.3 is 82.0 Å². The first-order chi connectivity index (χ1) is 36.8. The monoisotopic (exact) mass is 1130 g/mol. The number of benzene rings is 1. The van der Waals surface area contributed by atoms with Crippen molar-refractivity contribution in [2.45, 2.75) is 99.6 Å². The lowest BCUT2D eigenvalue weighted by molar-refractivity contribution is -0.148. The molecule has 0 spiro atoms. The molecule has 0 amide bonds. The highest BCUT2D eigenvalue weighted by Crippen LogP contribution is 2.39. The van der Waals surface area contributed by atoms with Crippen molar-refractivity contribution in [2.24, 2.45) is 0 Å². The lowest BCUT2D eigenvalue weighted by Crippen LogP contribution is -2.45. The van der Waals surface area contributed by atoms with Crippen LogP contribution in [0.15, 0.2) is 12.1 Å². The van der Waals surface area contributed by atoms with Crippen LogP contribution in [0.5, 0.6) is 17.2 Å². The topological polar surface area (TPSA) is 296 Å².